The number of aromatic nitrogens is 1. The first kappa shape index (κ1) is 22.6. The lowest BCUT2D eigenvalue weighted by Gasteiger charge is -2.37. The SMILES string of the molecule is Cc1ccccc1C(=O)Nc1cnc(N2CCN(c3cc(Cl)ccc3C)CC2)c(C(=O)O)c1. The van der Waals surface area contributed by atoms with E-state index in [4.69, 9.17) is 11.6 Å². The highest BCUT2D eigenvalue weighted by atomic mass is 35.5. The fourth-order valence-corrected chi connectivity index (χ4v) is 4.21. The number of carbonyl (C=O) groups is 2. The average molecular weight is 465 g/mol. The number of nitrogens with one attached hydrogen (secondary N) is 1. The van der Waals surface area contributed by atoms with E-state index in [-0.39, 0.29) is 11.5 Å². The molecule has 2 aromatic carbocycles. The van der Waals surface area contributed by atoms with E-state index in [1.165, 1.54) is 12.3 Å². The maximum absolute atomic E-state index is 12.6. The van der Waals surface area contributed by atoms with Crippen LogP contribution in [-0.4, -0.2) is 48.1 Å². The molecular weight excluding hydrogens is 440 g/mol. The van der Waals surface area contributed by atoms with Crippen LogP contribution in [0.2, 0.25) is 5.02 Å². The number of carboxylic acid groups (broad SMARTS) is 1. The van der Waals surface area contributed by atoms with E-state index in [0.29, 0.717) is 48.3 Å². The number of halogens is 1. The highest BCUT2D eigenvalue weighted by Crippen LogP contribution is 2.28. The van der Waals surface area contributed by atoms with Crippen LogP contribution in [0.1, 0.15) is 31.8 Å². The normalized spacial score (nSPS) is 13.7. The van der Waals surface area contributed by atoms with Crippen molar-refractivity contribution < 1.29 is 14.7 Å². The van der Waals surface area contributed by atoms with Crippen molar-refractivity contribution in [3.63, 3.8) is 0 Å². The first-order valence-corrected chi connectivity index (χ1v) is 11.1. The summed E-state index contributed by atoms with van der Waals surface area (Å²) in [5.41, 5.74) is 4.01. The third-order valence-electron chi connectivity index (χ3n) is 5.84. The number of hydrogen-bond donors (Lipinski definition) is 2. The molecule has 1 aliphatic rings. The number of benzene rings is 2. The molecule has 3 aromatic rings. The zero-order valence-electron chi connectivity index (χ0n) is 18.5. The predicted octanol–water partition coefficient (Wildman–Crippen LogP) is 4.63. The molecule has 2 N–H and O–H groups in total. The van der Waals surface area contributed by atoms with Crippen molar-refractivity contribution in [1.29, 1.82) is 0 Å². The second kappa shape index (κ2) is 9.50. The molecule has 170 valence electrons. The number of pyridine rings is 1. The van der Waals surface area contributed by atoms with Gasteiger partial charge in [-0.1, -0.05) is 35.9 Å². The molecule has 0 saturated carbocycles. The largest absolute Gasteiger partial charge is 0.478 e. The van der Waals surface area contributed by atoms with Crippen LogP contribution in [0.4, 0.5) is 17.2 Å². The van der Waals surface area contributed by atoms with Gasteiger partial charge in [-0.2, -0.15) is 0 Å². The van der Waals surface area contributed by atoms with Crippen LogP contribution in [0, 0.1) is 13.8 Å². The monoisotopic (exact) mass is 464 g/mol. The van der Waals surface area contributed by atoms with Gasteiger partial charge in [-0.25, -0.2) is 9.78 Å². The van der Waals surface area contributed by atoms with Gasteiger partial charge >= 0.3 is 5.97 Å². The topological polar surface area (TPSA) is 85.8 Å². The Bertz CT molecular complexity index is 1210. The molecule has 4 rings (SSSR count). The molecule has 0 atom stereocenters. The number of piperazine rings is 1. The number of amides is 1. The molecule has 0 bridgehead atoms. The smallest absolute Gasteiger partial charge is 0.339 e. The lowest BCUT2D eigenvalue weighted by atomic mass is 10.1. The third-order valence-corrected chi connectivity index (χ3v) is 6.07. The number of carbonyl (C=O) groups excluding carboxylic acids is 1. The molecule has 1 aliphatic heterocycles. The Morgan fingerprint density at radius 3 is 2.33 bits per heavy atom. The summed E-state index contributed by atoms with van der Waals surface area (Å²) in [5.74, 6) is -0.985. The summed E-state index contributed by atoms with van der Waals surface area (Å²) in [6.45, 7) is 6.57. The maximum atomic E-state index is 12.6. The van der Waals surface area contributed by atoms with Crippen molar-refractivity contribution >= 4 is 40.7 Å². The van der Waals surface area contributed by atoms with Gasteiger partial charge < -0.3 is 20.2 Å². The molecule has 1 aromatic heterocycles. The summed E-state index contributed by atoms with van der Waals surface area (Å²) in [5, 5.41) is 13.3. The van der Waals surface area contributed by atoms with Gasteiger partial charge in [-0.3, -0.25) is 4.79 Å². The van der Waals surface area contributed by atoms with Crippen molar-refractivity contribution in [1.82, 2.24) is 4.98 Å². The number of anilines is 3. The molecule has 33 heavy (non-hydrogen) atoms. The Labute approximate surface area is 197 Å². The molecule has 8 heteroatoms. The van der Waals surface area contributed by atoms with Crippen molar-refractivity contribution in [3.8, 4) is 0 Å². The van der Waals surface area contributed by atoms with E-state index in [1.807, 2.05) is 49.1 Å². The molecule has 0 radical (unpaired) electrons. The Hall–Kier alpha value is -3.58. The predicted molar refractivity (Wildman–Crippen MR) is 131 cm³/mol. The summed E-state index contributed by atoms with van der Waals surface area (Å²) in [6, 6.07) is 14.5. The third kappa shape index (κ3) is 4.93. The molecule has 0 aliphatic carbocycles. The number of aromatic carboxylic acids is 1. The van der Waals surface area contributed by atoms with E-state index in [0.717, 1.165) is 16.8 Å². The number of rotatable bonds is 5. The Morgan fingerprint density at radius 1 is 0.939 bits per heavy atom. The van der Waals surface area contributed by atoms with Crippen LogP contribution in [0.3, 0.4) is 0 Å². The van der Waals surface area contributed by atoms with Crippen molar-refractivity contribution in [3.05, 3.63) is 82.0 Å². The Kier molecular flexibility index (Phi) is 6.51. The van der Waals surface area contributed by atoms with E-state index >= 15 is 0 Å². The summed E-state index contributed by atoms with van der Waals surface area (Å²) in [6.07, 6.45) is 1.51. The van der Waals surface area contributed by atoms with Gasteiger partial charge in [0.15, 0.2) is 0 Å². The lowest BCUT2D eigenvalue weighted by molar-refractivity contribution is 0.0696. The van der Waals surface area contributed by atoms with Gasteiger partial charge in [0.1, 0.15) is 11.4 Å². The van der Waals surface area contributed by atoms with Gasteiger partial charge in [0.05, 0.1) is 11.9 Å². The second-order valence-corrected chi connectivity index (χ2v) is 8.51. The second-order valence-electron chi connectivity index (χ2n) is 8.07. The zero-order valence-corrected chi connectivity index (χ0v) is 19.3. The van der Waals surface area contributed by atoms with Crippen LogP contribution < -0.4 is 15.1 Å². The van der Waals surface area contributed by atoms with E-state index in [2.05, 4.69) is 15.2 Å². The molecule has 1 saturated heterocycles. The summed E-state index contributed by atoms with van der Waals surface area (Å²) >= 11 is 6.17. The highest BCUT2D eigenvalue weighted by molar-refractivity contribution is 6.30. The minimum Gasteiger partial charge on any atom is -0.478 e. The van der Waals surface area contributed by atoms with Crippen molar-refractivity contribution in [2.24, 2.45) is 0 Å². The number of nitrogens with zero attached hydrogens (tertiary/aromatic N) is 3. The number of hydrogen-bond acceptors (Lipinski definition) is 5. The van der Waals surface area contributed by atoms with Crippen molar-refractivity contribution in [2.75, 3.05) is 41.3 Å². The Morgan fingerprint density at radius 2 is 1.64 bits per heavy atom. The van der Waals surface area contributed by atoms with E-state index in [9.17, 15) is 14.7 Å². The summed E-state index contributed by atoms with van der Waals surface area (Å²) in [7, 11) is 0. The molecule has 0 spiro atoms. The molecule has 0 unspecified atom stereocenters. The van der Waals surface area contributed by atoms with Gasteiger partial charge in [0, 0.05) is 42.5 Å². The van der Waals surface area contributed by atoms with Gasteiger partial charge in [-0.05, 0) is 49.2 Å². The van der Waals surface area contributed by atoms with Crippen LogP contribution in [-0.2, 0) is 0 Å². The average Bonchev–Trinajstić information content (AvgIpc) is 2.81. The summed E-state index contributed by atoms with van der Waals surface area (Å²) in [4.78, 5) is 33.2. The number of carboxylic acids is 1. The minimum absolute atomic E-state index is 0.0602. The molecule has 7 nitrogen and oxygen atoms in total. The van der Waals surface area contributed by atoms with Gasteiger partial charge in [0.2, 0.25) is 0 Å². The maximum Gasteiger partial charge on any atom is 0.339 e. The quantitative estimate of drug-likeness (QED) is 0.572. The van der Waals surface area contributed by atoms with Gasteiger partial charge in [-0.15, -0.1) is 0 Å². The number of aryl methyl sites for hydroxylation is 2. The lowest BCUT2D eigenvalue weighted by Crippen LogP contribution is -2.47. The standard InChI is InChI=1S/C25H25ClN4O3/c1-16-5-3-4-6-20(16)24(31)28-19-14-21(25(32)33)23(27-15-19)30-11-9-29(10-12-30)22-13-18(26)8-7-17(22)2/h3-8,13-15H,9-12H2,1-2H3,(H,28,31)(H,32,33). The fraction of sp³-hybridized carbons (Fsp3) is 0.240. The molecule has 1 fully saturated rings. The highest BCUT2D eigenvalue weighted by Gasteiger charge is 2.24. The zero-order chi connectivity index (χ0) is 23.5. The van der Waals surface area contributed by atoms with Crippen molar-refractivity contribution in [2.45, 2.75) is 13.8 Å². The van der Waals surface area contributed by atoms with E-state index < -0.39 is 5.97 Å². The first-order chi connectivity index (χ1) is 15.8. The first-order valence-electron chi connectivity index (χ1n) is 10.7. The fourth-order valence-electron chi connectivity index (χ4n) is 4.04. The minimum atomic E-state index is -1.09. The molecule has 1 amide bonds. The van der Waals surface area contributed by atoms with Crippen LogP contribution in [0.5, 0.6) is 0 Å². The molecule has 2 heterocycles. The van der Waals surface area contributed by atoms with Crippen LogP contribution in [0.15, 0.2) is 54.7 Å². The molecular formula is C25H25ClN4O3. The van der Waals surface area contributed by atoms with Crippen LogP contribution in [0.25, 0.3) is 0 Å². The Balaban J connectivity index is 1.51. The van der Waals surface area contributed by atoms with E-state index in [1.54, 1.807) is 12.1 Å². The van der Waals surface area contributed by atoms with Gasteiger partial charge in [0.25, 0.3) is 5.91 Å². The summed E-state index contributed by atoms with van der Waals surface area (Å²) < 4.78 is 0. The van der Waals surface area contributed by atoms with Crippen LogP contribution >= 0.6 is 11.6 Å².